The molecule has 3 aliphatic heterocycles. The van der Waals surface area contributed by atoms with Crippen LogP contribution in [0, 0.1) is 0 Å². The van der Waals surface area contributed by atoms with Crippen molar-refractivity contribution in [2.24, 2.45) is 0 Å². The molecule has 3 saturated heterocycles. The molecule has 0 radical (unpaired) electrons. The first kappa shape index (κ1) is 27.9. The highest BCUT2D eigenvalue weighted by Crippen LogP contribution is 2.31. The Labute approximate surface area is 192 Å². The molecule has 3 aliphatic rings. The van der Waals surface area contributed by atoms with Crippen LogP contribution in [-0.4, -0.2) is 168 Å². The van der Waals surface area contributed by atoms with Crippen molar-refractivity contribution in [3.8, 4) is 0 Å². The van der Waals surface area contributed by atoms with E-state index < -0.39 is 112 Å². The standard InChI is InChI=1S/C18H32O16/c19-1-5-8(21)11(24)13(26)16(32-5)30-2-6-9(22)12(25)14(27)17(33-6)31-3-7-10(23)15(28)18(29,4-20)34-7/h5-17,19-29H,1-4H2/t5?,6?,7-,8+,9-,10+,11+,12+,13?,14?,15?,16-,17+,18-/m1/s1. The SMILES string of the molecule is OCC1O[C@@H](OCC2O[C@H](OC[C@H]3O[C@](O)(CO)C(O)[C@H]3O)C(O)[C@@H](O)[C@@H]2O)C(O)[C@@H](O)[C@H]1O. The Bertz CT molecular complexity index is 653. The molecule has 0 aromatic heterocycles. The lowest BCUT2D eigenvalue weighted by Crippen LogP contribution is -2.62. The maximum absolute atomic E-state index is 10.2. The van der Waals surface area contributed by atoms with E-state index in [0.29, 0.717) is 0 Å². The topological polar surface area (TPSA) is 269 Å². The van der Waals surface area contributed by atoms with Gasteiger partial charge in [-0.15, -0.1) is 0 Å². The summed E-state index contributed by atoms with van der Waals surface area (Å²) in [6.45, 7) is -2.86. The normalized spacial score (nSPS) is 52.1. The van der Waals surface area contributed by atoms with Crippen molar-refractivity contribution < 1.29 is 79.9 Å². The average molecular weight is 504 g/mol. The molecule has 16 nitrogen and oxygen atoms in total. The molecule has 0 aromatic rings. The second-order valence-corrected chi connectivity index (χ2v) is 8.47. The van der Waals surface area contributed by atoms with Crippen LogP contribution in [-0.2, 0) is 23.7 Å². The summed E-state index contributed by atoms with van der Waals surface area (Å²) < 4.78 is 26.1. The molecule has 200 valence electrons. The van der Waals surface area contributed by atoms with Gasteiger partial charge in [0.1, 0.15) is 67.1 Å². The molecular weight excluding hydrogens is 472 g/mol. The minimum Gasteiger partial charge on any atom is -0.394 e. The number of ether oxygens (including phenoxy) is 5. The van der Waals surface area contributed by atoms with E-state index in [1.165, 1.54) is 0 Å². The highest BCUT2D eigenvalue weighted by Gasteiger charge is 2.54. The number of aliphatic hydroxyl groups excluding tert-OH is 10. The molecule has 0 amide bonds. The fourth-order valence-electron chi connectivity index (χ4n) is 3.91. The van der Waals surface area contributed by atoms with Gasteiger partial charge in [0.05, 0.1) is 26.4 Å². The lowest BCUT2D eigenvalue weighted by molar-refractivity contribution is -0.334. The summed E-state index contributed by atoms with van der Waals surface area (Å²) in [6.07, 6.45) is -21.0. The fourth-order valence-corrected chi connectivity index (χ4v) is 3.91. The van der Waals surface area contributed by atoms with Crippen molar-refractivity contribution in [2.75, 3.05) is 26.4 Å². The third-order valence-corrected chi connectivity index (χ3v) is 6.12. The second kappa shape index (κ2) is 11.2. The Morgan fingerprint density at radius 1 is 0.588 bits per heavy atom. The summed E-state index contributed by atoms with van der Waals surface area (Å²) in [5.41, 5.74) is 0. The number of hydrogen-bond donors (Lipinski definition) is 11. The van der Waals surface area contributed by atoms with Crippen molar-refractivity contribution in [2.45, 2.75) is 85.5 Å². The lowest BCUT2D eigenvalue weighted by Gasteiger charge is -2.42. The average Bonchev–Trinajstić information content (AvgIpc) is 3.05. The maximum Gasteiger partial charge on any atom is 0.219 e. The zero-order chi connectivity index (χ0) is 25.4. The molecule has 0 bridgehead atoms. The van der Waals surface area contributed by atoms with Crippen LogP contribution < -0.4 is 0 Å². The van der Waals surface area contributed by atoms with Crippen molar-refractivity contribution in [3.05, 3.63) is 0 Å². The van der Waals surface area contributed by atoms with Gasteiger partial charge in [-0.1, -0.05) is 0 Å². The van der Waals surface area contributed by atoms with E-state index in [-0.39, 0.29) is 0 Å². The summed E-state index contributed by atoms with van der Waals surface area (Å²) >= 11 is 0. The van der Waals surface area contributed by atoms with E-state index in [0.717, 1.165) is 0 Å². The van der Waals surface area contributed by atoms with E-state index in [1.54, 1.807) is 0 Å². The predicted molar refractivity (Wildman–Crippen MR) is 101 cm³/mol. The third-order valence-electron chi connectivity index (χ3n) is 6.12. The third kappa shape index (κ3) is 5.37. The minimum atomic E-state index is -2.43. The van der Waals surface area contributed by atoms with Crippen LogP contribution >= 0.6 is 0 Å². The van der Waals surface area contributed by atoms with Crippen molar-refractivity contribution in [1.82, 2.24) is 0 Å². The molecule has 11 N–H and O–H groups in total. The first-order chi connectivity index (χ1) is 15.9. The number of aliphatic hydroxyl groups is 11. The molecule has 3 rings (SSSR count). The highest BCUT2D eigenvalue weighted by molar-refractivity contribution is 4.96. The van der Waals surface area contributed by atoms with Gasteiger partial charge in [-0.05, 0) is 0 Å². The molecule has 0 aliphatic carbocycles. The van der Waals surface area contributed by atoms with Crippen LogP contribution in [0.1, 0.15) is 0 Å². The van der Waals surface area contributed by atoms with Crippen LogP contribution in [0.3, 0.4) is 0 Å². The summed E-state index contributed by atoms with van der Waals surface area (Å²) in [6, 6.07) is 0. The van der Waals surface area contributed by atoms with Crippen molar-refractivity contribution in [3.63, 3.8) is 0 Å². The van der Waals surface area contributed by atoms with Crippen LogP contribution in [0.25, 0.3) is 0 Å². The van der Waals surface area contributed by atoms with E-state index in [4.69, 9.17) is 28.8 Å². The van der Waals surface area contributed by atoms with Crippen LogP contribution in [0.5, 0.6) is 0 Å². The molecule has 34 heavy (non-hydrogen) atoms. The Hall–Kier alpha value is -0.640. The smallest absolute Gasteiger partial charge is 0.219 e. The van der Waals surface area contributed by atoms with Gasteiger partial charge in [0.25, 0.3) is 0 Å². The minimum absolute atomic E-state index is 0.570. The molecule has 14 atom stereocenters. The Balaban J connectivity index is 1.58. The zero-order valence-corrected chi connectivity index (χ0v) is 17.8. The van der Waals surface area contributed by atoms with Gasteiger partial charge < -0.3 is 79.9 Å². The Kier molecular flexibility index (Phi) is 9.18. The van der Waals surface area contributed by atoms with E-state index in [1.807, 2.05) is 0 Å². The summed E-state index contributed by atoms with van der Waals surface area (Å²) in [5.74, 6) is -2.43. The first-order valence-corrected chi connectivity index (χ1v) is 10.6. The van der Waals surface area contributed by atoms with Crippen LogP contribution in [0.2, 0.25) is 0 Å². The predicted octanol–water partition coefficient (Wildman–Crippen LogP) is -7.57. The second-order valence-electron chi connectivity index (χ2n) is 8.47. The molecule has 0 aromatic carbocycles. The van der Waals surface area contributed by atoms with Gasteiger partial charge in [-0.25, -0.2) is 0 Å². The largest absolute Gasteiger partial charge is 0.394 e. The monoisotopic (exact) mass is 504 g/mol. The molecule has 16 heteroatoms. The number of rotatable bonds is 8. The maximum atomic E-state index is 10.2. The van der Waals surface area contributed by atoms with Crippen LogP contribution in [0.15, 0.2) is 0 Å². The summed E-state index contributed by atoms with van der Waals surface area (Å²) in [5, 5.41) is 108. The first-order valence-electron chi connectivity index (χ1n) is 10.6. The van der Waals surface area contributed by atoms with Gasteiger partial charge >= 0.3 is 0 Å². The fraction of sp³-hybridized carbons (Fsp3) is 1.00. The molecule has 0 spiro atoms. The van der Waals surface area contributed by atoms with Gasteiger partial charge in [-0.3, -0.25) is 0 Å². The molecule has 3 heterocycles. The summed E-state index contributed by atoms with van der Waals surface area (Å²) in [7, 11) is 0. The Morgan fingerprint density at radius 3 is 1.53 bits per heavy atom. The summed E-state index contributed by atoms with van der Waals surface area (Å²) in [4.78, 5) is 0. The van der Waals surface area contributed by atoms with E-state index in [9.17, 15) is 51.1 Å². The number of hydrogen-bond acceptors (Lipinski definition) is 16. The molecule has 0 saturated carbocycles. The van der Waals surface area contributed by atoms with Gasteiger partial charge in [0.15, 0.2) is 12.6 Å². The van der Waals surface area contributed by atoms with E-state index in [2.05, 4.69) is 0 Å². The van der Waals surface area contributed by atoms with Crippen molar-refractivity contribution >= 4 is 0 Å². The van der Waals surface area contributed by atoms with Crippen LogP contribution in [0.4, 0.5) is 0 Å². The molecular formula is C18H32O16. The zero-order valence-electron chi connectivity index (χ0n) is 17.8. The molecule has 3 fully saturated rings. The van der Waals surface area contributed by atoms with Crippen molar-refractivity contribution in [1.29, 1.82) is 0 Å². The van der Waals surface area contributed by atoms with Gasteiger partial charge in [-0.2, -0.15) is 0 Å². The quantitative estimate of drug-likeness (QED) is 0.146. The Morgan fingerprint density at radius 2 is 1.06 bits per heavy atom. The molecule has 5 unspecified atom stereocenters. The van der Waals surface area contributed by atoms with E-state index >= 15 is 0 Å². The van der Waals surface area contributed by atoms with Gasteiger partial charge in [0, 0.05) is 0 Å². The van der Waals surface area contributed by atoms with Gasteiger partial charge in [0.2, 0.25) is 5.79 Å². The highest BCUT2D eigenvalue weighted by atomic mass is 16.7. The lowest BCUT2D eigenvalue weighted by atomic mass is 9.98.